The highest BCUT2D eigenvalue weighted by molar-refractivity contribution is 5.82. The van der Waals surface area contributed by atoms with Gasteiger partial charge in [0.1, 0.15) is 5.82 Å². The Morgan fingerprint density at radius 3 is 2.62 bits per heavy atom. The van der Waals surface area contributed by atoms with Gasteiger partial charge < -0.3 is 9.88 Å². The minimum Gasteiger partial charge on any atom is -0.343 e. The maximum atomic E-state index is 12.2. The van der Waals surface area contributed by atoms with Crippen molar-refractivity contribution in [2.75, 3.05) is 20.1 Å². The minimum atomic E-state index is -0.206. The molecule has 1 fully saturated rings. The van der Waals surface area contributed by atoms with Crippen LogP contribution in [0, 0.1) is 0 Å². The molecular weight excluding hydrogens is 366 g/mol. The lowest BCUT2D eigenvalue weighted by Crippen LogP contribution is -2.53. The molecule has 1 aromatic carbocycles. The summed E-state index contributed by atoms with van der Waals surface area (Å²) in [5.41, 5.74) is 3.13. The van der Waals surface area contributed by atoms with Crippen LogP contribution in [0.15, 0.2) is 59.7 Å². The summed E-state index contributed by atoms with van der Waals surface area (Å²) in [6.07, 6.45) is 3.37. The molecule has 0 bridgehead atoms. The third kappa shape index (κ3) is 4.09. The van der Waals surface area contributed by atoms with E-state index in [4.69, 9.17) is 0 Å². The fourth-order valence-electron chi connectivity index (χ4n) is 3.53. The fourth-order valence-corrected chi connectivity index (χ4v) is 3.53. The Morgan fingerprint density at radius 2 is 1.90 bits per heavy atom. The lowest BCUT2D eigenvalue weighted by Gasteiger charge is -2.37. The van der Waals surface area contributed by atoms with Gasteiger partial charge in [0.15, 0.2) is 0 Å². The van der Waals surface area contributed by atoms with Crippen molar-refractivity contribution in [3.8, 4) is 22.6 Å². The van der Waals surface area contributed by atoms with Crippen molar-refractivity contribution in [3.05, 3.63) is 70.8 Å². The van der Waals surface area contributed by atoms with E-state index < -0.39 is 0 Å². The lowest BCUT2D eigenvalue weighted by atomic mass is 10.1. The molecule has 7 nitrogen and oxygen atoms in total. The normalized spacial score (nSPS) is 17.5. The maximum Gasteiger partial charge on any atom is 0.251 e. The number of H-pyrrole nitrogens is 1. The van der Waals surface area contributed by atoms with Crippen LogP contribution in [-0.4, -0.2) is 56.8 Å². The first-order valence-corrected chi connectivity index (χ1v) is 9.61. The van der Waals surface area contributed by atoms with E-state index in [0.29, 0.717) is 18.1 Å². The molecule has 1 amide bonds. The van der Waals surface area contributed by atoms with Crippen LogP contribution < -0.4 is 5.56 Å². The number of pyridine rings is 1. The number of nitrogens with zero attached hydrogens (tertiary/aromatic N) is 4. The van der Waals surface area contributed by atoms with Gasteiger partial charge in [-0.2, -0.15) is 0 Å². The smallest absolute Gasteiger partial charge is 0.251 e. The molecule has 4 rings (SSSR count). The number of benzene rings is 1. The molecule has 1 aliphatic heterocycles. The van der Waals surface area contributed by atoms with Gasteiger partial charge in [0, 0.05) is 56.3 Å². The SMILES string of the molecule is CC1C(=O)N(C)CCN1Cc1ccc(-c2nc(-c3cccnc3)cc(=O)[nH]2)cc1. The summed E-state index contributed by atoms with van der Waals surface area (Å²) < 4.78 is 0. The highest BCUT2D eigenvalue weighted by atomic mass is 16.2. The third-order valence-electron chi connectivity index (χ3n) is 5.32. The first-order chi connectivity index (χ1) is 14.0. The standard InChI is InChI=1S/C22H23N5O2/c1-15-22(29)26(2)10-11-27(15)14-16-5-7-17(8-6-16)21-24-19(12-20(28)25-21)18-4-3-9-23-13-18/h3-9,12-13,15H,10-11,14H2,1-2H3,(H,24,25,28). The van der Waals surface area contributed by atoms with Gasteiger partial charge in [-0.25, -0.2) is 4.98 Å². The van der Waals surface area contributed by atoms with E-state index in [2.05, 4.69) is 19.9 Å². The van der Waals surface area contributed by atoms with E-state index in [-0.39, 0.29) is 17.5 Å². The van der Waals surface area contributed by atoms with Crippen LogP contribution in [0.2, 0.25) is 0 Å². The van der Waals surface area contributed by atoms with Gasteiger partial charge in [0.05, 0.1) is 11.7 Å². The van der Waals surface area contributed by atoms with Gasteiger partial charge in [-0.1, -0.05) is 24.3 Å². The molecule has 29 heavy (non-hydrogen) atoms. The van der Waals surface area contributed by atoms with Gasteiger partial charge in [0.2, 0.25) is 5.91 Å². The Kier molecular flexibility index (Phi) is 5.22. The molecule has 3 aromatic rings. The Labute approximate surface area is 169 Å². The number of amides is 1. The summed E-state index contributed by atoms with van der Waals surface area (Å²) in [5, 5.41) is 0. The monoisotopic (exact) mass is 389 g/mol. The Morgan fingerprint density at radius 1 is 1.10 bits per heavy atom. The topological polar surface area (TPSA) is 82.2 Å². The second-order valence-corrected chi connectivity index (χ2v) is 7.32. The van der Waals surface area contributed by atoms with Gasteiger partial charge in [-0.15, -0.1) is 0 Å². The predicted molar refractivity (Wildman–Crippen MR) is 111 cm³/mol. The molecule has 1 N–H and O–H groups in total. The molecule has 0 aliphatic carbocycles. The number of hydrogen-bond acceptors (Lipinski definition) is 5. The van der Waals surface area contributed by atoms with Crippen molar-refractivity contribution in [1.82, 2.24) is 24.8 Å². The Bertz CT molecular complexity index is 1060. The van der Waals surface area contributed by atoms with Crippen LogP contribution >= 0.6 is 0 Å². The summed E-state index contributed by atoms with van der Waals surface area (Å²) in [4.78, 5) is 39.8. The molecule has 0 spiro atoms. The molecule has 0 saturated carbocycles. The molecule has 0 radical (unpaired) electrons. The van der Waals surface area contributed by atoms with Crippen molar-refractivity contribution in [1.29, 1.82) is 0 Å². The van der Waals surface area contributed by atoms with Gasteiger partial charge in [-0.3, -0.25) is 19.5 Å². The van der Waals surface area contributed by atoms with Crippen molar-refractivity contribution in [3.63, 3.8) is 0 Å². The predicted octanol–water partition coefficient (Wildman–Crippen LogP) is 2.16. The molecule has 1 aliphatic rings. The first kappa shape index (κ1) is 19.0. The molecule has 7 heteroatoms. The van der Waals surface area contributed by atoms with Crippen LogP contribution in [0.5, 0.6) is 0 Å². The number of piperazine rings is 1. The highest BCUT2D eigenvalue weighted by Gasteiger charge is 2.29. The minimum absolute atomic E-state index is 0.123. The number of carbonyl (C=O) groups excluding carboxylic acids is 1. The summed E-state index contributed by atoms with van der Waals surface area (Å²) in [7, 11) is 1.85. The molecule has 2 aromatic heterocycles. The van der Waals surface area contributed by atoms with Gasteiger partial charge >= 0.3 is 0 Å². The van der Waals surface area contributed by atoms with Crippen LogP contribution in [0.1, 0.15) is 12.5 Å². The quantitative estimate of drug-likeness (QED) is 0.739. The molecule has 1 atom stereocenters. The zero-order valence-corrected chi connectivity index (χ0v) is 16.5. The van der Waals surface area contributed by atoms with Crippen LogP contribution in [0.3, 0.4) is 0 Å². The molecular formula is C22H23N5O2. The van der Waals surface area contributed by atoms with Crippen LogP contribution in [-0.2, 0) is 11.3 Å². The van der Waals surface area contributed by atoms with E-state index in [1.807, 2.05) is 50.4 Å². The second kappa shape index (κ2) is 7.97. The van der Waals surface area contributed by atoms with E-state index in [9.17, 15) is 9.59 Å². The summed E-state index contributed by atoms with van der Waals surface area (Å²) in [6.45, 7) is 4.26. The van der Waals surface area contributed by atoms with E-state index in [0.717, 1.165) is 29.8 Å². The van der Waals surface area contributed by atoms with Crippen molar-refractivity contribution < 1.29 is 4.79 Å². The zero-order valence-electron chi connectivity index (χ0n) is 16.5. The molecule has 148 valence electrons. The number of nitrogens with one attached hydrogen (secondary N) is 1. The Balaban J connectivity index is 1.55. The van der Waals surface area contributed by atoms with Gasteiger partial charge in [-0.05, 0) is 24.6 Å². The number of hydrogen-bond donors (Lipinski definition) is 1. The average molecular weight is 389 g/mol. The first-order valence-electron chi connectivity index (χ1n) is 9.61. The number of carbonyl (C=O) groups is 1. The molecule has 1 unspecified atom stereocenters. The maximum absolute atomic E-state index is 12.2. The van der Waals surface area contributed by atoms with Crippen molar-refractivity contribution in [2.24, 2.45) is 0 Å². The zero-order chi connectivity index (χ0) is 20.4. The summed E-state index contributed by atoms with van der Waals surface area (Å²) in [6, 6.07) is 13.0. The molecule has 3 heterocycles. The van der Waals surface area contributed by atoms with Gasteiger partial charge in [0.25, 0.3) is 5.56 Å². The van der Waals surface area contributed by atoms with Crippen molar-refractivity contribution >= 4 is 5.91 Å². The van der Waals surface area contributed by atoms with Crippen LogP contribution in [0.4, 0.5) is 0 Å². The fraction of sp³-hybridized carbons (Fsp3) is 0.273. The van der Waals surface area contributed by atoms with E-state index >= 15 is 0 Å². The van der Waals surface area contributed by atoms with E-state index in [1.165, 1.54) is 6.07 Å². The summed E-state index contributed by atoms with van der Waals surface area (Å²) in [5.74, 6) is 0.674. The van der Waals surface area contributed by atoms with E-state index in [1.54, 1.807) is 17.3 Å². The van der Waals surface area contributed by atoms with Crippen molar-refractivity contribution in [2.45, 2.75) is 19.5 Å². The van der Waals surface area contributed by atoms with Crippen LogP contribution in [0.25, 0.3) is 22.6 Å². The second-order valence-electron chi connectivity index (χ2n) is 7.32. The number of rotatable bonds is 4. The summed E-state index contributed by atoms with van der Waals surface area (Å²) >= 11 is 0. The third-order valence-corrected chi connectivity index (χ3v) is 5.32. The number of aromatic nitrogens is 3. The Hall–Kier alpha value is -3.32. The largest absolute Gasteiger partial charge is 0.343 e. The number of aromatic amines is 1. The number of likely N-dealkylation sites (N-methyl/N-ethyl adjacent to an activating group) is 1. The lowest BCUT2D eigenvalue weighted by molar-refractivity contribution is -0.139. The average Bonchev–Trinajstić information content (AvgIpc) is 2.75. The highest BCUT2D eigenvalue weighted by Crippen LogP contribution is 2.21. The molecule has 1 saturated heterocycles.